The standard InChI is InChI=1S/C21H25N3O3/c1-15-3-5-18(16(2)13-15)23-20(25)17-4-6-19(22-14-17)24-9-7-21(8-10-24)26-11-12-27-21/h3-6,13-14H,7-12H2,1-2H3,(H,23,25). The summed E-state index contributed by atoms with van der Waals surface area (Å²) in [6, 6.07) is 9.71. The molecule has 0 unspecified atom stereocenters. The zero-order valence-corrected chi connectivity index (χ0v) is 15.8. The first-order valence-electron chi connectivity index (χ1n) is 9.42. The molecule has 0 atom stereocenters. The largest absolute Gasteiger partial charge is 0.356 e. The molecule has 1 spiro atoms. The molecular weight excluding hydrogens is 342 g/mol. The van der Waals surface area contributed by atoms with Crippen LogP contribution in [-0.2, 0) is 9.47 Å². The van der Waals surface area contributed by atoms with Crippen molar-refractivity contribution in [1.29, 1.82) is 0 Å². The number of nitrogens with one attached hydrogen (secondary N) is 1. The Bertz CT molecular complexity index is 819. The van der Waals surface area contributed by atoms with Crippen LogP contribution in [0.3, 0.4) is 0 Å². The van der Waals surface area contributed by atoms with Gasteiger partial charge >= 0.3 is 0 Å². The van der Waals surface area contributed by atoms with Crippen LogP contribution in [0.15, 0.2) is 36.5 Å². The van der Waals surface area contributed by atoms with E-state index in [1.165, 1.54) is 5.56 Å². The van der Waals surface area contributed by atoms with Crippen molar-refractivity contribution in [2.75, 3.05) is 36.5 Å². The Kier molecular flexibility index (Phi) is 4.85. The van der Waals surface area contributed by atoms with Gasteiger partial charge in [0, 0.05) is 37.8 Å². The lowest BCUT2D eigenvalue weighted by molar-refractivity contribution is -0.169. The number of carbonyl (C=O) groups is 1. The van der Waals surface area contributed by atoms with E-state index in [0.29, 0.717) is 18.8 Å². The molecule has 0 saturated carbocycles. The lowest BCUT2D eigenvalue weighted by atomic mass is 10.0. The molecule has 2 aliphatic heterocycles. The topological polar surface area (TPSA) is 63.7 Å². The molecule has 6 heteroatoms. The van der Waals surface area contributed by atoms with Gasteiger partial charge in [-0.2, -0.15) is 0 Å². The maximum absolute atomic E-state index is 12.5. The number of aryl methyl sites for hydroxylation is 2. The number of nitrogens with zero attached hydrogens (tertiary/aromatic N) is 2. The fourth-order valence-electron chi connectivity index (χ4n) is 3.72. The highest BCUT2D eigenvalue weighted by Crippen LogP contribution is 2.32. The summed E-state index contributed by atoms with van der Waals surface area (Å²) in [5, 5.41) is 2.96. The highest BCUT2D eigenvalue weighted by Gasteiger charge is 2.40. The molecule has 6 nitrogen and oxygen atoms in total. The summed E-state index contributed by atoms with van der Waals surface area (Å²) in [5.74, 6) is 0.347. The van der Waals surface area contributed by atoms with Gasteiger partial charge in [-0.1, -0.05) is 17.7 Å². The lowest BCUT2D eigenvalue weighted by Crippen LogP contribution is -2.45. The summed E-state index contributed by atoms with van der Waals surface area (Å²) in [6.45, 7) is 7.06. The van der Waals surface area contributed by atoms with Gasteiger partial charge in [-0.15, -0.1) is 0 Å². The van der Waals surface area contributed by atoms with Crippen molar-refractivity contribution in [1.82, 2.24) is 4.98 Å². The third-order valence-electron chi connectivity index (χ3n) is 5.30. The molecule has 1 aromatic carbocycles. The Labute approximate surface area is 159 Å². The van der Waals surface area contributed by atoms with Crippen LogP contribution >= 0.6 is 0 Å². The van der Waals surface area contributed by atoms with Gasteiger partial charge in [0.1, 0.15) is 5.82 Å². The van der Waals surface area contributed by atoms with Gasteiger partial charge < -0.3 is 19.7 Å². The van der Waals surface area contributed by atoms with E-state index in [9.17, 15) is 4.79 Å². The lowest BCUT2D eigenvalue weighted by Gasteiger charge is -2.38. The predicted octanol–water partition coefficient (Wildman–Crippen LogP) is 3.29. The highest BCUT2D eigenvalue weighted by atomic mass is 16.7. The highest BCUT2D eigenvalue weighted by molar-refractivity contribution is 6.04. The monoisotopic (exact) mass is 367 g/mol. The van der Waals surface area contributed by atoms with Crippen LogP contribution < -0.4 is 10.2 Å². The van der Waals surface area contributed by atoms with Crippen molar-refractivity contribution < 1.29 is 14.3 Å². The number of aromatic nitrogens is 1. The van der Waals surface area contributed by atoms with E-state index in [2.05, 4.69) is 21.3 Å². The Morgan fingerprint density at radius 3 is 2.48 bits per heavy atom. The fourth-order valence-corrected chi connectivity index (χ4v) is 3.72. The van der Waals surface area contributed by atoms with Crippen LogP contribution in [0.1, 0.15) is 34.3 Å². The summed E-state index contributed by atoms with van der Waals surface area (Å²) >= 11 is 0. The van der Waals surface area contributed by atoms with Crippen LogP contribution in [0.4, 0.5) is 11.5 Å². The molecule has 3 heterocycles. The van der Waals surface area contributed by atoms with Crippen LogP contribution in [0.5, 0.6) is 0 Å². The number of hydrogen-bond acceptors (Lipinski definition) is 5. The minimum absolute atomic E-state index is 0.147. The molecule has 1 N–H and O–H groups in total. The minimum atomic E-state index is -0.387. The Hall–Kier alpha value is -2.44. The molecular formula is C21H25N3O3. The molecule has 2 aromatic rings. The zero-order valence-electron chi connectivity index (χ0n) is 15.8. The van der Waals surface area contributed by atoms with Crippen LogP contribution in [-0.4, -0.2) is 43.0 Å². The smallest absolute Gasteiger partial charge is 0.257 e. The molecule has 2 saturated heterocycles. The average molecular weight is 367 g/mol. The number of ether oxygens (including phenoxy) is 2. The van der Waals surface area contributed by atoms with E-state index in [4.69, 9.17) is 9.47 Å². The van der Waals surface area contributed by atoms with E-state index in [1.54, 1.807) is 6.20 Å². The maximum atomic E-state index is 12.5. The molecule has 0 aliphatic carbocycles. The van der Waals surface area contributed by atoms with Gasteiger partial charge in [-0.25, -0.2) is 4.98 Å². The zero-order chi connectivity index (χ0) is 18.9. The minimum Gasteiger partial charge on any atom is -0.356 e. The SMILES string of the molecule is Cc1ccc(NC(=O)c2ccc(N3CCC4(CC3)OCCO4)nc2)c(C)c1. The summed E-state index contributed by atoms with van der Waals surface area (Å²) < 4.78 is 11.5. The Morgan fingerprint density at radius 1 is 1.11 bits per heavy atom. The normalized spacial score (nSPS) is 18.7. The molecule has 2 fully saturated rings. The first kappa shape index (κ1) is 17.9. The van der Waals surface area contributed by atoms with Crippen LogP contribution in [0.25, 0.3) is 0 Å². The molecule has 1 aromatic heterocycles. The van der Waals surface area contributed by atoms with Crippen molar-refractivity contribution >= 4 is 17.4 Å². The second-order valence-corrected chi connectivity index (χ2v) is 7.27. The van der Waals surface area contributed by atoms with Gasteiger partial charge in [-0.05, 0) is 37.6 Å². The summed E-state index contributed by atoms with van der Waals surface area (Å²) in [6.07, 6.45) is 3.31. The number of benzene rings is 1. The number of hydrogen-bond donors (Lipinski definition) is 1. The van der Waals surface area contributed by atoms with Crippen molar-refractivity contribution in [2.24, 2.45) is 0 Å². The molecule has 4 rings (SSSR count). The molecule has 0 bridgehead atoms. The second kappa shape index (κ2) is 7.29. The van der Waals surface area contributed by atoms with E-state index in [0.717, 1.165) is 43.0 Å². The molecule has 2 aliphatic rings. The summed E-state index contributed by atoms with van der Waals surface area (Å²) in [7, 11) is 0. The maximum Gasteiger partial charge on any atom is 0.257 e. The Balaban J connectivity index is 1.39. The van der Waals surface area contributed by atoms with Crippen LogP contribution in [0, 0.1) is 13.8 Å². The molecule has 142 valence electrons. The van der Waals surface area contributed by atoms with E-state index in [-0.39, 0.29) is 11.7 Å². The van der Waals surface area contributed by atoms with Gasteiger partial charge in [0.25, 0.3) is 5.91 Å². The number of pyridine rings is 1. The van der Waals surface area contributed by atoms with E-state index in [1.807, 2.05) is 38.1 Å². The quantitative estimate of drug-likeness (QED) is 0.902. The second-order valence-electron chi connectivity index (χ2n) is 7.27. The van der Waals surface area contributed by atoms with E-state index < -0.39 is 0 Å². The van der Waals surface area contributed by atoms with Crippen molar-refractivity contribution in [3.63, 3.8) is 0 Å². The first-order valence-corrected chi connectivity index (χ1v) is 9.42. The van der Waals surface area contributed by atoms with Crippen molar-refractivity contribution in [3.05, 3.63) is 53.2 Å². The van der Waals surface area contributed by atoms with Gasteiger partial charge in [0.2, 0.25) is 0 Å². The van der Waals surface area contributed by atoms with E-state index >= 15 is 0 Å². The van der Waals surface area contributed by atoms with Crippen LogP contribution in [0.2, 0.25) is 0 Å². The molecule has 0 radical (unpaired) electrons. The fraction of sp³-hybridized carbons (Fsp3) is 0.429. The summed E-state index contributed by atoms with van der Waals surface area (Å²) in [5.41, 5.74) is 3.60. The number of piperidine rings is 1. The van der Waals surface area contributed by atoms with Crippen molar-refractivity contribution in [2.45, 2.75) is 32.5 Å². The predicted molar refractivity (Wildman–Crippen MR) is 104 cm³/mol. The van der Waals surface area contributed by atoms with Crippen molar-refractivity contribution in [3.8, 4) is 0 Å². The third-order valence-corrected chi connectivity index (χ3v) is 5.30. The average Bonchev–Trinajstić information content (AvgIpc) is 3.13. The number of carbonyl (C=O) groups excluding carboxylic acids is 1. The number of anilines is 2. The van der Waals surface area contributed by atoms with Gasteiger partial charge in [0.05, 0.1) is 18.8 Å². The molecule has 1 amide bonds. The first-order chi connectivity index (χ1) is 13.0. The number of amides is 1. The number of rotatable bonds is 3. The third kappa shape index (κ3) is 3.82. The molecule has 27 heavy (non-hydrogen) atoms. The summed E-state index contributed by atoms with van der Waals surface area (Å²) in [4.78, 5) is 19.2. The van der Waals surface area contributed by atoms with Gasteiger partial charge in [-0.3, -0.25) is 4.79 Å². The Morgan fingerprint density at radius 2 is 1.85 bits per heavy atom. The van der Waals surface area contributed by atoms with Gasteiger partial charge in [0.15, 0.2) is 5.79 Å².